The summed E-state index contributed by atoms with van der Waals surface area (Å²) in [4.78, 5) is 13.3. The minimum Gasteiger partial charge on any atom is -0.465 e. The molecule has 0 spiro atoms. The number of nitrogens with two attached hydrogens (primary N) is 1. The van der Waals surface area contributed by atoms with E-state index >= 15 is 0 Å². The predicted octanol–water partition coefficient (Wildman–Crippen LogP) is 0.562. The number of hydrogen-bond acceptors (Lipinski definition) is 5. The number of nitrogens with zero attached hydrogens (tertiary/aromatic N) is 1. The van der Waals surface area contributed by atoms with Crippen LogP contribution in [-0.2, 0) is 9.53 Å². The molecule has 2 N–H and O–H groups in total. The molecule has 0 heterocycles. The number of esters is 1. The Labute approximate surface area is 96.5 Å². The van der Waals surface area contributed by atoms with Gasteiger partial charge in [-0.2, -0.15) is 11.8 Å². The summed E-state index contributed by atoms with van der Waals surface area (Å²) in [6.45, 7) is 3.26. The van der Waals surface area contributed by atoms with Crippen LogP contribution in [0.1, 0.15) is 13.3 Å². The van der Waals surface area contributed by atoms with Crippen LogP contribution in [0, 0.1) is 0 Å². The second-order valence-electron chi connectivity index (χ2n) is 3.59. The minimum absolute atomic E-state index is 0.294. The molecule has 0 radical (unpaired) electrons. The average molecular weight is 234 g/mol. The molecule has 0 aliphatic heterocycles. The summed E-state index contributed by atoms with van der Waals surface area (Å²) in [6, 6.07) is -0.477. The maximum atomic E-state index is 11.1. The van der Waals surface area contributed by atoms with Gasteiger partial charge in [-0.3, -0.25) is 4.79 Å². The van der Waals surface area contributed by atoms with Gasteiger partial charge in [0.05, 0.1) is 6.61 Å². The van der Waals surface area contributed by atoms with Crippen molar-refractivity contribution in [2.45, 2.75) is 19.4 Å². The molecule has 0 aromatic carbocycles. The highest BCUT2D eigenvalue weighted by atomic mass is 32.2. The van der Waals surface area contributed by atoms with Crippen LogP contribution in [0.4, 0.5) is 0 Å². The molecule has 0 saturated carbocycles. The molecule has 0 aromatic rings. The SMILES string of the molecule is CCOC(=O)C(N)CSCCCN(C)C. The molecule has 0 aliphatic carbocycles. The van der Waals surface area contributed by atoms with E-state index in [2.05, 4.69) is 19.0 Å². The van der Waals surface area contributed by atoms with Crippen molar-refractivity contribution in [3.63, 3.8) is 0 Å². The molecule has 0 amide bonds. The molecule has 1 atom stereocenters. The molecule has 4 nitrogen and oxygen atoms in total. The van der Waals surface area contributed by atoms with Crippen LogP contribution in [0.3, 0.4) is 0 Å². The van der Waals surface area contributed by atoms with E-state index in [1.54, 1.807) is 18.7 Å². The highest BCUT2D eigenvalue weighted by molar-refractivity contribution is 7.99. The van der Waals surface area contributed by atoms with Gasteiger partial charge in [0.1, 0.15) is 6.04 Å². The molecule has 0 bridgehead atoms. The molecule has 0 saturated heterocycles. The third-order valence-corrected chi connectivity index (χ3v) is 2.95. The first-order chi connectivity index (χ1) is 7.07. The molecular weight excluding hydrogens is 212 g/mol. The van der Waals surface area contributed by atoms with Gasteiger partial charge in [0.25, 0.3) is 0 Å². The molecule has 0 fully saturated rings. The summed E-state index contributed by atoms with van der Waals surface area (Å²) in [5.41, 5.74) is 5.64. The van der Waals surface area contributed by atoms with E-state index in [0.717, 1.165) is 18.7 Å². The van der Waals surface area contributed by atoms with E-state index < -0.39 is 6.04 Å². The third kappa shape index (κ3) is 8.72. The Hall–Kier alpha value is -0.260. The summed E-state index contributed by atoms with van der Waals surface area (Å²) in [5.74, 6) is 1.38. The van der Waals surface area contributed by atoms with Gasteiger partial charge in [-0.15, -0.1) is 0 Å². The molecule has 0 rings (SSSR count). The van der Waals surface area contributed by atoms with E-state index in [9.17, 15) is 4.79 Å². The van der Waals surface area contributed by atoms with Crippen molar-refractivity contribution in [1.29, 1.82) is 0 Å². The topological polar surface area (TPSA) is 55.6 Å². The van der Waals surface area contributed by atoms with Gasteiger partial charge in [-0.1, -0.05) is 0 Å². The van der Waals surface area contributed by atoms with Crippen LogP contribution in [0.15, 0.2) is 0 Å². The van der Waals surface area contributed by atoms with Crippen molar-refractivity contribution in [1.82, 2.24) is 4.90 Å². The lowest BCUT2D eigenvalue weighted by molar-refractivity contribution is -0.144. The number of hydrogen-bond donors (Lipinski definition) is 1. The van der Waals surface area contributed by atoms with Crippen LogP contribution >= 0.6 is 11.8 Å². The van der Waals surface area contributed by atoms with E-state index in [4.69, 9.17) is 10.5 Å². The summed E-state index contributed by atoms with van der Waals surface area (Å²) < 4.78 is 4.81. The van der Waals surface area contributed by atoms with Crippen molar-refractivity contribution in [2.75, 3.05) is 38.8 Å². The quantitative estimate of drug-likeness (QED) is 0.491. The second kappa shape index (κ2) is 9.00. The van der Waals surface area contributed by atoms with Gasteiger partial charge < -0.3 is 15.4 Å². The summed E-state index contributed by atoms with van der Waals surface area (Å²) >= 11 is 1.71. The second-order valence-corrected chi connectivity index (χ2v) is 4.74. The highest BCUT2D eigenvalue weighted by Crippen LogP contribution is 2.05. The van der Waals surface area contributed by atoms with Crippen molar-refractivity contribution < 1.29 is 9.53 Å². The standard InChI is InChI=1S/C10H22N2O2S/c1-4-14-10(13)9(11)8-15-7-5-6-12(2)3/h9H,4-8,11H2,1-3H3. The Morgan fingerprint density at radius 1 is 1.53 bits per heavy atom. The first-order valence-electron chi connectivity index (χ1n) is 5.22. The fourth-order valence-corrected chi connectivity index (χ4v) is 1.90. The number of rotatable bonds is 8. The Morgan fingerprint density at radius 2 is 2.20 bits per heavy atom. The maximum absolute atomic E-state index is 11.1. The fraction of sp³-hybridized carbons (Fsp3) is 0.900. The number of ether oxygens (including phenoxy) is 1. The van der Waals surface area contributed by atoms with Gasteiger partial charge in [0.15, 0.2) is 0 Å². The zero-order valence-corrected chi connectivity index (χ0v) is 10.7. The van der Waals surface area contributed by atoms with Crippen molar-refractivity contribution in [3.05, 3.63) is 0 Å². The predicted molar refractivity (Wildman–Crippen MR) is 65.1 cm³/mol. The summed E-state index contributed by atoms with van der Waals surface area (Å²) in [7, 11) is 4.10. The zero-order valence-electron chi connectivity index (χ0n) is 9.86. The first-order valence-corrected chi connectivity index (χ1v) is 6.38. The Bertz CT molecular complexity index is 177. The normalized spacial score (nSPS) is 12.9. The Morgan fingerprint density at radius 3 is 2.73 bits per heavy atom. The molecule has 1 unspecified atom stereocenters. The highest BCUT2D eigenvalue weighted by Gasteiger charge is 2.13. The van der Waals surface area contributed by atoms with Crippen LogP contribution in [0.5, 0.6) is 0 Å². The van der Waals surface area contributed by atoms with E-state index in [1.165, 1.54) is 0 Å². The molecule has 15 heavy (non-hydrogen) atoms. The van der Waals surface area contributed by atoms with Crippen LogP contribution in [0.25, 0.3) is 0 Å². The summed E-state index contributed by atoms with van der Waals surface area (Å²) in [5, 5.41) is 0. The van der Waals surface area contributed by atoms with Gasteiger partial charge in [-0.25, -0.2) is 0 Å². The number of thioether (sulfide) groups is 1. The van der Waals surface area contributed by atoms with Crippen molar-refractivity contribution in [3.8, 4) is 0 Å². The Balaban J connectivity index is 3.38. The van der Waals surface area contributed by atoms with Crippen molar-refractivity contribution >= 4 is 17.7 Å². The van der Waals surface area contributed by atoms with Gasteiger partial charge in [-0.05, 0) is 39.7 Å². The lowest BCUT2D eigenvalue weighted by atomic mass is 10.4. The largest absolute Gasteiger partial charge is 0.465 e. The van der Waals surface area contributed by atoms with E-state index in [0.29, 0.717) is 12.4 Å². The Kier molecular flexibility index (Phi) is 8.85. The molecule has 5 heteroatoms. The zero-order chi connectivity index (χ0) is 11.7. The minimum atomic E-state index is -0.477. The van der Waals surface area contributed by atoms with Crippen LogP contribution in [0.2, 0.25) is 0 Å². The van der Waals surface area contributed by atoms with E-state index in [1.807, 2.05) is 0 Å². The third-order valence-electron chi connectivity index (χ3n) is 1.78. The maximum Gasteiger partial charge on any atom is 0.323 e. The van der Waals surface area contributed by atoms with Gasteiger partial charge in [0, 0.05) is 5.75 Å². The van der Waals surface area contributed by atoms with Crippen LogP contribution < -0.4 is 5.73 Å². The molecule has 90 valence electrons. The number of carbonyl (C=O) groups excluding carboxylic acids is 1. The number of carbonyl (C=O) groups is 1. The summed E-state index contributed by atoms with van der Waals surface area (Å²) in [6.07, 6.45) is 1.12. The van der Waals surface area contributed by atoms with Gasteiger partial charge in [0.2, 0.25) is 0 Å². The fourth-order valence-electron chi connectivity index (χ4n) is 1.01. The molecular formula is C10H22N2O2S. The molecule has 0 aromatic heterocycles. The monoisotopic (exact) mass is 234 g/mol. The van der Waals surface area contributed by atoms with Crippen molar-refractivity contribution in [2.24, 2.45) is 5.73 Å². The lowest BCUT2D eigenvalue weighted by Crippen LogP contribution is -2.34. The van der Waals surface area contributed by atoms with Crippen LogP contribution in [-0.4, -0.2) is 55.7 Å². The van der Waals surface area contributed by atoms with Gasteiger partial charge >= 0.3 is 5.97 Å². The first kappa shape index (κ1) is 14.7. The average Bonchev–Trinajstić information content (AvgIpc) is 2.16. The lowest BCUT2D eigenvalue weighted by Gasteiger charge is -2.11. The smallest absolute Gasteiger partial charge is 0.323 e. The van der Waals surface area contributed by atoms with E-state index in [-0.39, 0.29) is 5.97 Å². The molecule has 0 aliphatic rings.